The smallest absolute Gasteiger partial charge is 0.425 e. The molecule has 1 saturated carbocycles. The summed E-state index contributed by atoms with van der Waals surface area (Å²) < 4.78 is 58.9. The van der Waals surface area contributed by atoms with Crippen molar-refractivity contribution in [2.75, 3.05) is 19.6 Å². The fourth-order valence-corrected chi connectivity index (χ4v) is 4.95. The SMILES string of the molecule is C[C@@H](Oc1ccc2c(n1)CCN(CC[C@]1(F)CC[C@@H](NC(=O)Cc3cnn(C)n3)CC1)CC2)C(F)(F)F. The Kier molecular flexibility index (Phi) is 8.35. The molecule has 1 atom stereocenters. The average Bonchev–Trinajstić information content (AvgIpc) is 3.13. The lowest BCUT2D eigenvalue weighted by atomic mass is 9.81. The fraction of sp³-hybridized carbons (Fsp3) is 0.680. The summed E-state index contributed by atoms with van der Waals surface area (Å²) in [6.07, 6.45) is -0.977. The van der Waals surface area contributed by atoms with Crippen molar-refractivity contribution in [2.24, 2.45) is 7.05 Å². The first kappa shape index (κ1) is 27.3. The van der Waals surface area contributed by atoms with Crippen molar-refractivity contribution in [3.05, 3.63) is 35.3 Å². The molecule has 0 saturated heterocycles. The molecule has 1 aliphatic heterocycles. The number of fused-ring (bicyclic) bond motifs is 1. The molecule has 1 N–H and O–H groups in total. The van der Waals surface area contributed by atoms with Crippen LogP contribution in [0.3, 0.4) is 0 Å². The summed E-state index contributed by atoms with van der Waals surface area (Å²) in [7, 11) is 1.69. The Morgan fingerprint density at radius 3 is 2.65 bits per heavy atom. The summed E-state index contributed by atoms with van der Waals surface area (Å²) in [4.78, 5) is 20.2. The van der Waals surface area contributed by atoms with Gasteiger partial charge in [-0.1, -0.05) is 6.07 Å². The van der Waals surface area contributed by atoms with E-state index in [9.17, 15) is 18.0 Å². The van der Waals surface area contributed by atoms with Gasteiger partial charge >= 0.3 is 6.18 Å². The molecule has 1 amide bonds. The van der Waals surface area contributed by atoms with E-state index in [1.807, 2.05) is 0 Å². The van der Waals surface area contributed by atoms with Crippen LogP contribution in [0.25, 0.3) is 0 Å². The minimum Gasteiger partial charge on any atom is -0.465 e. The van der Waals surface area contributed by atoms with Gasteiger partial charge < -0.3 is 15.0 Å². The number of hydrogen-bond acceptors (Lipinski definition) is 6. The van der Waals surface area contributed by atoms with Crippen molar-refractivity contribution in [1.29, 1.82) is 0 Å². The molecule has 12 heteroatoms. The number of hydrogen-bond donors (Lipinski definition) is 1. The van der Waals surface area contributed by atoms with Crippen molar-refractivity contribution in [2.45, 2.75) is 82.3 Å². The van der Waals surface area contributed by atoms with Gasteiger partial charge in [0, 0.05) is 50.9 Å². The van der Waals surface area contributed by atoms with E-state index in [4.69, 9.17) is 4.74 Å². The second-order valence-corrected chi connectivity index (χ2v) is 10.1. The predicted molar refractivity (Wildman–Crippen MR) is 128 cm³/mol. The van der Waals surface area contributed by atoms with E-state index in [1.54, 1.807) is 19.3 Å². The monoisotopic (exact) mass is 526 g/mol. The molecule has 1 fully saturated rings. The molecule has 0 unspecified atom stereocenters. The third-order valence-electron chi connectivity index (χ3n) is 7.28. The molecule has 0 spiro atoms. The summed E-state index contributed by atoms with van der Waals surface area (Å²) in [5.41, 5.74) is 1.06. The third-order valence-corrected chi connectivity index (χ3v) is 7.28. The highest BCUT2D eigenvalue weighted by molar-refractivity contribution is 5.78. The molecular formula is C25H34F4N6O2. The van der Waals surface area contributed by atoms with Gasteiger partial charge in [0.2, 0.25) is 11.8 Å². The zero-order valence-corrected chi connectivity index (χ0v) is 21.2. The second kappa shape index (κ2) is 11.3. The summed E-state index contributed by atoms with van der Waals surface area (Å²) in [5.74, 6) is -0.156. The van der Waals surface area contributed by atoms with Gasteiger partial charge in [-0.15, -0.1) is 0 Å². The molecular weight excluding hydrogens is 492 g/mol. The number of pyridine rings is 1. The van der Waals surface area contributed by atoms with Crippen molar-refractivity contribution in [3.8, 4) is 5.88 Å². The Morgan fingerprint density at radius 2 is 1.97 bits per heavy atom. The van der Waals surface area contributed by atoms with Crippen LogP contribution in [0, 0.1) is 0 Å². The summed E-state index contributed by atoms with van der Waals surface area (Å²) in [6.45, 7) is 2.96. The number of alkyl halides is 4. The molecule has 2 aliphatic rings. The number of aryl methyl sites for hydroxylation is 1. The van der Waals surface area contributed by atoms with Crippen LogP contribution in [0.4, 0.5) is 17.6 Å². The number of rotatable bonds is 8. The quantitative estimate of drug-likeness (QED) is 0.532. The summed E-state index contributed by atoms with van der Waals surface area (Å²) in [5, 5.41) is 11.1. The largest absolute Gasteiger partial charge is 0.465 e. The lowest BCUT2D eigenvalue weighted by Gasteiger charge is -2.35. The third kappa shape index (κ3) is 7.62. The Morgan fingerprint density at radius 1 is 1.24 bits per heavy atom. The number of nitrogens with one attached hydrogen (secondary N) is 1. The maximum atomic E-state index is 15.5. The first-order valence-corrected chi connectivity index (χ1v) is 12.8. The van der Waals surface area contributed by atoms with Crippen molar-refractivity contribution >= 4 is 5.91 Å². The minimum atomic E-state index is -4.45. The first-order chi connectivity index (χ1) is 17.5. The molecule has 2 aromatic heterocycles. The number of ether oxygens (including phenoxy) is 1. The molecule has 0 radical (unpaired) electrons. The molecule has 8 nitrogen and oxygen atoms in total. The standard InChI is InChI=1S/C25H34F4N6O2/c1-17(25(27,28)29)37-23-4-3-18-7-12-35(13-8-21(18)32-23)14-11-24(26)9-5-19(6-10-24)31-22(36)15-20-16-30-34(2)33-20/h3-4,16-17,19H,5-15H2,1-2H3,(H,31,36)/t17-,19-,24+/m1/s1. The van der Waals surface area contributed by atoms with Crippen LogP contribution in [-0.4, -0.2) is 74.4 Å². The number of nitrogens with zero attached hydrogens (tertiary/aromatic N) is 5. The van der Waals surface area contributed by atoms with Crippen molar-refractivity contribution in [3.63, 3.8) is 0 Å². The zero-order chi connectivity index (χ0) is 26.6. The molecule has 0 aromatic carbocycles. The Bertz CT molecular complexity index is 1070. The number of carbonyl (C=O) groups excluding carboxylic acids is 1. The van der Waals surface area contributed by atoms with Gasteiger partial charge in [0.15, 0.2) is 6.10 Å². The summed E-state index contributed by atoms with van der Waals surface area (Å²) in [6, 6.07) is 3.22. The van der Waals surface area contributed by atoms with Crippen LogP contribution in [0.5, 0.6) is 5.88 Å². The van der Waals surface area contributed by atoms with Gasteiger partial charge in [0.05, 0.1) is 18.3 Å². The first-order valence-electron chi connectivity index (χ1n) is 12.8. The van der Waals surface area contributed by atoms with E-state index < -0.39 is 17.9 Å². The highest BCUT2D eigenvalue weighted by Crippen LogP contribution is 2.35. The normalized spacial score (nSPS) is 23.7. The lowest BCUT2D eigenvalue weighted by molar-refractivity contribution is -0.190. The van der Waals surface area contributed by atoms with Crippen LogP contribution in [0.1, 0.15) is 56.0 Å². The number of carbonyl (C=O) groups is 1. The average molecular weight is 527 g/mol. The number of halogens is 4. The van der Waals surface area contributed by atoms with Crippen LogP contribution < -0.4 is 10.1 Å². The maximum absolute atomic E-state index is 15.5. The van der Waals surface area contributed by atoms with Crippen molar-refractivity contribution < 1.29 is 27.1 Å². The van der Waals surface area contributed by atoms with E-state index in [0.29, 0.717) is 63.7 Å². The Hall–Kier alpha value is -2.76. The van der Waals surface area contributed by atoms with E-state index in [2.05, 4.69) is 25.4 Å². The van der Waals surface area contributed by atoms with Crippen LogP contribution in [-0.2, 0) is 31.1 Å². The highest BCUT2D eigenvalue weighted by atomic mass is 19.4. The minimum absolute atomic E-state index is 0.0275. The van der Waals surface area contributed by atoms with Gasteiger partial charge in [-0.2, -0.15) is 28.2 Å². The predicted octanol–water partition coefficient (Wildman–Crippen LogP) is 3.34. The Balaban J connectivity index is 1.21. The van der Waals surface area contributed by atoms with Gasteiger partial charge in [0.25, 0.3) is 0 Å². The summed E-state index contributed by atoms with van der Waals surface area (Å²) >= 11 is 0. The van der Waals surface area contributed by atoms with Crippen LogP contribution in [0.2, 0.25) is 0 Å². The number of amides is 1. The molecule has 0 bridgehead atoms. The van der Waals surface area contributed by atoms with E-state index >= 15 is 4.39 Å². The second-order valence-electron chi connectivity index (χ2n) is 10.1. The van der Waals surface area contributed by atoms with Gasteiger partial charge in [-0.05, 0) is 51.0 Å². The van der Waals surface area contributed by atoms with E-state index in [1.165, 1.54) is 10.9 Å². The van der Waals surface area contributed by atoms with Gasteiger partial charge in [-0.25, -0.2) is 9.37 Å². The topological polar surface area (TPSA) is 85.2 Å². The molecule has 204 valence electrons. The van der Waals surface area contributed by atoms with Crippen LogP contribution >= 0.6 is 0 Å². The van der Waals surface area contributed by atoms with Gasteiger partial charge in [-0.3, -0.25) is 4.79 Å². The van der Waals surface area contributed by atoms with Crippen molar-refractivity contribution in [1.82, 2.24) is 30.2 Å². The van der Waals surface area contributed by atoms with E-state index in [-0.39, 0.29) is 24.2 Å². The van der Waals surface area contributed by atoms with E-state index in [0.717, 1.165) is 24.7 Å². The maximum Gasteiger partial charge on any atom is 0.425 e. The molecule has 2 aromatic rings. The molecule has 3 heterocycles. The Labute approximate surface area is 213 Å². The molecule has 4 rings (SSSR count). The highest BCUT2D eigenvalue weighted by Gasteiger charge is 2.38. The van der Waals surface area contributed by atoms with Crippen LogP contribution in [0.15, 0.2) is 18.3 Å². The van der Waals surface area contributed by atoms with Gasteiger partial charge in [0.1, 0.15) is 5.67 Å². The lowest BCUT2D eigenvalue weighted by Crippen LogP contribution is -2.43. The fourth-order valence-electron chi connectivity index (χ4n) is 4.95. The number of aromatic nitrogens is 4. The molecule has 1 aliphatic carbocycles. The molecule has 37 heavy (non-hydrogen) atoms. The zero-order valence-electron chi connectivity index (χ0n) is 21.2.